The van der Waals surface area contributed by atoms with Crippen molar-refractivity contribution < 1.29 is 4.79 Å². The fourth-order valence-electron chi connectivity index (χ4n) is 3.45. The summed E-state index contributed by atoms with van der Waals surface area (Å²) in [5.41, 5.74) is 4.67. The molecule has 1 amide bonds. The first-order chi connectivity index (χ1) is 12.1. The van der Waals surface area contributed by atoms with Crippen LogP contribution in [0, 0.1) is 6.92 Å². The van der Waals surface area contributed by atoms with Crippen LogP contribution in [0.4, 0.5) is 0 Å². The van der Waals surface area contributed by atoms with Crippen molar-refractivity contribution in [3.63, 3.8) is 0 Å². The molecule has 0 atom stereocenters. The van der Waals surface area contributed by atoms with Crippen molar-refractivity contribution in [3.05, 3.63) is 70.4 Å². The molecule has 1 fully saturated rings. The zero-order valence-corrected chi connectivity index (χ0v) is 15.0. The van der Waals surface area contributed by atoms with Crippen LogP contribution in [0.1, 0.15) is 29.5 Å². The molecule has 3 aromatic rings. The summed E-state index contributed by atoms with van der Waals surface area (Å²) < 4.78 is 0. The Kier molecular flexibility index (Phi) is 4.04. The van der Waals surface area contributed by atoms with E-state index in [-0.39, 0.29) is 11.3 Å². The Morgan fingerprint density at radius 2 is 1.96 bits per heavy atom. The van der Waals surface area contributed by atoms with E-state index in [0.29, 0.717) is 13.0 Å². The minimum atomic E-state index is 0.0645. The molecule has 1 aliphatic rings. The van der Waals surface area contributed by atoms with Gasteiger partial charge in [-0.2, -0.15) is 0 Å². The van der Waals surface area contributed by atoms with Gasteiger partial charge in [0.25, 0.3) is 0 Å². The molecule has 4 rings (SSSR count). The Morgan fingerprint density at radius 1 is 1.20 bits per heavy atom. The molecule has 1 aliphatic carbocycles. The molecule has 0 saturated heterocycles. The van der Waals surface area contributed by atoms with E-state index in [2.05, 4.69) is 29.5 Å². The summed E-state index contributed by atoms with van der Waals surface area (Å²) in [5, 5.41) is 5.07. The zero-order chi connectivity index (χ0) is 17.4. The third-order valence-electron chi connectivity index (χ3n) is 5.18. The van der Waals surface area contributed by atoms with Gasteiger partial charge in [0.15, 0.2) is 0 Å². The van der Waals surface area contributed by atoms with Crippen LogP contribution in [-0.2, 0) is 16.6 Å². The number of aromatic nitrogens is 1. The average molecular weight is 353 g/mol. The Labute approximate surface area is 152 Å². The first kappa shape index (κ1) is 16.2. The monoisotopic (exact) mass is 352 g/mol. The number of H-pyrrole nitrogens is 1. The normalized spacial score (nSPS) is 15.3. The average Bonchev–Trinajstić information content (AvgIpc) is 3.27. The van der Waals surface area contributed by atoms with Crippen molar-refractivity contribution in [2.24, 2.45) is 0 Å². The largest absolute Gasteiger partial charge is 0.361 e. The minimum Gasteiger partial charge on any atom is -0.361 e. The van der Waals surface area contributed by atoms with E-state index in [1.165, 1.54) is 16.5 Å². The molecule has 1 aromatic heterocycles. The SMILES string of the molecule is Cc1ccc(CC(=O)NCC2(c3c[nH]c4cc(Cl)ccc34)CC2)cc1. The zero-order valence-electron chi connectivity index (χ0n) is 14.2. The van der Waals surface area contributed by atoms with Crippen molar-refractivity contribution in [3.8, 4) is 0 Å². The number of aromatic amines is 1. The molecule has 0 unspecified atom stereocenters. The number of benzene rings is 2. The number of halogens is 1. The number of nitrogens with one attached hydrogen (secondary N) is 2. The molecule has 0 aliphatic heterocycles. The van der Waals surface area contributed by atoms with Crippen LogP contribution in [0.25, 0.3) is 10.9 Å². The van der Waals surface area contributed by atoms with Gasteiger partial charge in [-0.1, -0.05) is 47.5 Å². The van der Waals surface area contributed by atoms with Crippen LogP contribution in [-0.4, -0.2) is 17.4 Å². The lowest BCUT2D eigenvalue weighted by molar-refractivity contribution is -0.120. The maximum Gasteiger partial charge on any atom is 0.224 e. The van der Waals surface area contributed by atoms with E-state index in [0.717, 1.165) is 28.9 Å². The molecular formula is C21H21ClN2O. The highest BCUT2D eigenvalue weighted by Crippen LogP contribution is 2.50. The minimum absolute atomic E-state index is 0.0645. The summed E-state index contributed by atoms with van der Waals surface area (Å²) in [6.45, 7) is 2.74. The number of aryl methyl sites for hydroxylation is 1. The highest BCUT2D eigenvalue weighted by molar-refractivity contribution is 6.31. The molecule has 0 radical (unpaired) electrons. The van der Waals surface area contributed by atoms with Gasteiger partial charge >= 0.3 is 0 Å². The Bertz CT molecular complexity index is 923. The number of fused-ring (bicyclic) bond motifs is 1. The lowest BCUT2D eigenvalue weighted by Gasteiger charge is -2.16. The third kappa shape index (κ3) is 3.29. The van der Waals surface area contributed by atoms with Gasteiger partial charge in [0.1, 0.15) is 0 Å². The first-order valence-corrected chi connectivity index (χ1v) is 9.03. The molecule has 1 saturated carbocycles. The van der Waals surface area contributed by atoms with Crippen LogP contribution in [0.5, 0.6) is 0 Å². The Balaban J connectivity index is 1.44. The summed E-state index contributed by atoms with van der Waals surface area (Å²) in [6, 6.07) is 14.1. The number of carbonyl (C=O) groups is 1. The van der Waals surface area contributed by atoms with Crippen LogP contribution in [0.3, 0.4) is 0 Å². The van der Waals surface area contributed by atoms with Crippen molar-refractivity contribution in [2.75, 3.05) is 6.54 Å². The van der Waals surface area contributed by atoms with Gasteiger partial charge in [-0.3, -0.25) is 4.79 Å². The molecule has 1 heterocycles. The third-order valence-corrected chi connectivity index (χ3v) is 5.41. The predicted octanol–water partition coefficient (Wildman–Crippen LogP) is 4.52. The van der Waals surface area contributed by atoms with E-state index in [1.54, 1.807) is 0 Å². The quantitative estimate of drug-likeness (QED) is 0.696. The number of hydrogen-bond donors (Lipinski definition) is 2. The molecule has 2 N–H and O–H groups in total. The Morgan fingerprint density at radius 3 is 2.68 bits per heavy atom. The fourth-order valence-corrected chi connectivity index (χ4v) is 3.62. The van der Waals surface area contributed by atoms with Crippen LogP contribution in [0.2, 0.25) is 5.02 Å². The van der Waals surface area contributed by atoms with Crippen LogP contribution < -0.4 is 5.32 Å². The summed E-state index contributed by atoms with van der Waals surface area (Å²) in [7, 11) is 0. The second-order valence-electron chi connectivity index (χ2n) is 7.11. The van der Waals surface area contributed by atoms with Crippen molar-refractivity contribution >= 4 is 28.4 Å². The van der Waals surface area contributed by atoms with Gasteiger partial charge in [0, 0.05) is 34.1 Å². The van der Waals surface area contributed by atoms with E-state index < -0.39 is 0 Å². The number of rotatable bonds is 5. The maximum absolute atomic E-state index is 12.3. The standard InChI is InChI=1S/C21H21ClN2O/c1-14-2-4-15(5-3-14)10-20(25)24-13-21(8-9-21)18-12-23-19-11-16(22)6-7-17(18)19/h2-7,11-12,23H,8-10,13H2,1H3,(H,24,25). The molecular weight excluding hydrogens is 332 g/mol. The summed E-state index contributed by atoms with van der Waals surface area (Å²) in [4.78, 5) is 15.6. The Hall–Kier alpha value is -2.26. The molecule has 3 nitrogen and oxygen atoms in total. The van der Waals surface area contributed by atoms with Gasteiger partial charge < -0.3 is 10.3 Å². The lowest BCUT2D eigenvalue weighted by Crippen LogP contribution is -2.33. The molecule has 0 spiro atoms. The van der Waals surface area contributed by atoms with E-state index in [9.17, 15) is 4.79 Å². The lowest BCUT2D eigenvalue weighted by atomic mass is 9.95. The second kappa shape index (κ2) is 6.23. The van der Waals surface area contributed by atoms with E-state index in [4.69, 9.17) is 11.6 Å². The summed E-state index contributed by atoms with van der Waals surface area (Å²) in [6.07, 6.45) is 4.71. The van der Waals surface area contributed by atoms with Crippen LogP contribution in [0.15, 0.2) is 48.7 Å². The van der Waals surface area contributed by atoms with Crippen molar-refractivity contribution in [1.29, 1.82) is 0 Å². The van der Waals surface area contributed by atoms with Gasteiger partial charge in [-0.05, 0) is 43.0 Å². The highest BCUT2D eigenvalue weighted by atomic mass is 35.5. The van der Waals surface area contributed by atoms with Gasteiger partial charge in [0.2, 0.25) is 5.91 Å². The first-order valence-electron chi connectivity index (χ1n) is 8.65. The predicted molar refractivity (Wildman–Crippen MR) is 102 cm³/mol. The summed E-state index contributed by atoms with van der Waals surface area (Å²) in [5.74, 6) is 0.0815. The molecule has 25 heavy (non-hydrogen) atoms. The van der Waals surface area contributed by atoms with Crippen LogP contribution >= 0.6 is 11.6 Å². The van der Waals surface area contributed by atoms with Gasteiger partial charge in [-0.15, -0.1) is 0 Å². The highest BCUT2D eigenvalue weighted by Gasteiger charge is 2.45. The van der Waals surface area contributed by atoms with E-state index in [1.807, 2.05) is 36.4 Å². The van der Waals surface area contributed by atoms with Gasteiger partial charge in [-0.25, -0.2) is 0 Å². The number of carbonyl (C=O) groups excluding carboxylic acids is 1. The van der Waals surface area contributed by atoms with Crippen molar-refractivity contribution in [1.82, 2.24) is 10.3 Å². The molecule has 2 aromatic carbocycles. The second-order valence-corrected chi connectivity index (χ2v) is 7.55. The van der Waals surface area contributed by atoms with Crippen molar-refractivity contribution in [2.45, 2.75) is 31.6 Å². The maximum atomic E-state index is 12.3. The van der Waals surface area contributed by atoms with Gasteiger partial charge in [0.05, 0.1) is 6.42 Å². The molecule has 4 heteroatoms. The number of hydrogen-bond acceptors (Lipinski definition) is 1. The number of amides is 1. The molecule has 0 bridgehead atoms. The fraction of sp³-hybridized carbons (Fsp3) is 0.286. The topological polar surface area (TPSA) is 44.9 Å². The summed E-state index contributed by atoms with van der Waals surface area (Å²) >= 11 is 6.07. The molecule has 128 valence electrons. The van der Waals surface area contributed by atoms with E-state index >= 15 is 0 Å². The smallest absolute Gasteiger partial charge is 0.224 e.